The zero-order valence-electron chi connectivity index (χ0n) is 17.7. The third-order valence-electron chi connectivity index (χ3n) is 4.19. The van der Waals surface area contributed by atoms with Crippen LogP contribution in [0.25, 0.3) is 5.69 Å². The van der Waals surface area contributed by atoms with Crippen molar-refractivity contribution in [2.75, 3.05) is 23.8 Å². The maximum absolute atomic E-state index is 12.5. The number of esters is 1. The van der Waals surface area contributed by atoms with Crippen molar-refractivity contribution in [2.24, 2.45) is 0 Å². The molecule has 31 heavy (non-hydrogen) atoms. The molecule has 8 nitrogen and oxygen atoms in total. The monoisotopic (exact) mass is 439 g/mol. The molecule has 2 aromatic heterocycles. The minimum Gasteiger partial charge on any atom is -0.451 e. The Morgan fingerprint density at radius 2 is 2.00 bits per heavy atom. The van der Waals surface area contributed by atoms with Crippen LogP contribution in [0, 0.1) is 0 Å². The summed E-state index contributed by atoms with van der Waals surface area (Å²) in [5.41, 5.74) is 1.58. The molecule has 0 aliphatic rings. The van der Waals surface area contributed by atoms with Crippen molar-refractivity contribution in [2.45, 2.75) is 26.2 Å². The van der Waals surface area contributed by atoms with Gasteiger partial charge in [-0.05, 0) is 12.1 Å². The van der Waals surface area contributed by atoms with Crippen LogP contribution in [0.15, 0.2) is 54.4 Å². The molecule has 2 heterocycles. The number of nitrogens with zero attached hydrogens (tertiary/aromatic N) is 3. The molecule has 0 bridgehead atoms. The van der Waals surface area contributed by atoms with E-state index in [4.69, 9.17) is 4.74 Å². The second-order valence-corrected chi connectivity index (χ2v) is 8.60. The molecule has 1 amide bonds. The molecule has 2 N–H and O–H groups in total. The quantitative estimate of drug-likeness (QED) is 0.406. The van der Waals surface area contributed by atoms with Gasteiger partial charge in [-0.25, -0.2) is 14.5 Å². The van der Waals surface area contributed by atoms with Crippen molar-refractivity contribution in [3.8, 4) is 5.69 Å². The molecular weight excluding hydrogens is 414 g/mol. The molecule has 0 fully saturated rings. The predicted molar refractivity (Wildman–Crippen MR) is 122 cm³/mol. The molecule has 0 aliphatic heterocycles. The van der Waals surface area contributed by atoms with Gasteiger partial charge in [0.15, 0.2) is 17.4 Å². The second-order valence-electron chi connectivity index (χ2n) is 7.74. The molecule has 9 heteroatoms. The van der Waals surface area contributed by atoms with Crippen molar-refractivity contribution in [3.05, 3.63) is 65.8 Å². The van der Waals surface area contributed by atoms with Gasteiger partial charge >= 0.3 is 5.97 Å². The molecular formula is C22H25N5O3S. The summed E-state index contributed by atoms with van der Waals surface area (Å²) in [5, 5.41) is 12.6. The van der Waals surface area contributed by atoms with E-state index in [0.29, 0.717) is 17.5 Å². The van der Waals surface area contributed by atoms with Gasteiger partial charge in [0.25, 0.3) is 5.91 Å². The second kappa shape index (κ2) is 9.57. The molecule has 0 unspecified atom stereocenters. The molecule has 1 aromatic carbocycles. The van der Waals surface area contributed by atoms with E-state index < -0.39 is 18.5 Å². The van der Waals surface area contributed by atoms with Gasteiger partial charge in [-0.3, -0.25) is 4.79 Å². The number of carbonyl (C=O) groups excluding carboxylic acids is 2. The summed E-state index contributed by atoms with van der Waals surface area (Å²) < 4.78 is 6.78. The van der Waals surface area contributed by atoms with E-state index in [2.05, 4.69) is 27.3 Å². The lowest BCUT2D eigenvalue weighted by Gasteiger charge is -2.14. The third kappa shape index (κ3) is 5.79. The summed E-state index contributed by atoms with van der Waals surface area (Å²) in [6, 6.07) is 11.3. The van der Waals surface area contributed by atoms with E-state index in [1.54, 1.807) is 16.1 Å². The number of aromatic nitrogens is 3. The molecule has 0 spiro atoms. The largest absolute Gasteiger partial charge is 0.451 e. The van der Waals surface area contributed by atoms with Crippen LogP contribution in [0.1, 0.15) is 37.0 Å². The highest BCUT2D eigenvalue weighted by Gasteiger charge is 2.22. The number of anilines is 2. The Bertz CT molecular complexity index is 1070. The summed E-state index contributed by atoms with van der Waals surface area (Å²) in [6.07, 6.45) is 1.69. The van der Waals surface area contributed by atoms with Crippen LogP contribution in [0.2, 0.25) is 0 Å². The van der Waals surface area contributed by atoms with Crippen molar-refractivity contribution in [1.82, 2.24) is 14.8 Å². The zero-order valence-corrected chi connectivity index (χ0v) is 18.5. The van der Waals surface area contributed by atoms with Gasteiger partial charge in [0.1, 0.15) is 5.82 Å². The number of amides is 1. The number of nitrogens with one attached hydrogen (secondary N) is 2. The van der Waals surface area contributed by atoms with Gasteiger partial charge in [-0.2, -0.15) is 5.10 Å². The first-order valence-electron chi connectivity index (χ1n) is 9.71. The zero-order chi connectivity index (χ0) is 22.4. The smallest absolute Gasteiger partial charge is 0.358 e. The van der Waals surface area contributed by atoms with Crippen molar-refractivity contribution in [3.63, 3.8) is 0 Å². The van der Waals surface area contributed by atoms with Crippen molar-refractivity contribution in [1.29, 1.82) is 0 Å². The number of carbonyl (C=O) groups is 2. The van der Waals surface area contributed by atoms with Gasteiger partial charge in [0, 0.05) is 23.4 Å². The minimum absolute atomic E-state index is 0.147. The number of thiazole rings is 1. The SMILES string of the molecule is C=CCNc1nc(C(=O)OCC(=O)Nc2cc(C(C)(C)C)nn2-c2ccccc2)cs1. The van der Waals surface area contributed by atoms with Crippen LogP contribution in [0.3, 0.4) is 0 Å². The number of benzene rings is 1. The molecule has 0 aliphatic carbocycles. The number of hydrogen-bond acceptors (Lipinski definition) is 7. The molecule has 0 saturated heterocycles. The molecule has 0 saturated carbocycles. The highest BCUT2D eigenvalue weighted by atomic mass is 32.1. The maximum atomic E-state index is 12.5. The lowest BCUT2D eigenvalue weighted by Crippen LogP contribution is -2.22. The van der Waals surface area contributed by atoms with Crippen molar-refractivity contribution < 1.29 is 14.3 Å². The van der Waals surface area contributed by atoms with Crippen LogP contribution in [-0.2, 0) is 14.9 Å². The van der Waals surface area contributed by atoms with Gasteiger partial charge < -0.3 is 15.4 Å². The Morgan fingerprint density at radius 1 is 1.26 bits per heavy atom. The van der Waals surface area contributed by atoms with E-state index in [0.717, 1.165) is 11.4 Å². The lowest BCUT2D eigenvalue weighted by molar-refractivity contribution is -0.119. The van der Waals surface area contributed by atoms with E-state index in [-0.39, 0.29) is 11.1 Å². The minimum atomic E-state index is -0.662. The van der Waals surface area contributed by atoms with Crippen LogP contribution >= 0.6 is 11.3 Å². The summed E-state index contributed by atoms with van der Waals surface area (Å²) in [4.78, 5) is 28.8. The summed E-state index contributed by atoms with van der Waals surface area (Å²) in [6.45, 7) is 9.85. The van der Waals surface area contributed by atoms with Crippen LogP contribution in [0.5, 0.6) is 0 Å². The Balaban J connectivity index is 1.67. The molecule has 3 rings (SSSR count). The standard InChI is InChI=1S/C22H25N5O3S/c1-5-11-23-21-24-16(14-31-21)20(29)30-13-19(28)25-18-12-17(22(2,3)4)26-27(18)15-9-7-6-8-10-15/h5-10,12,14H,1,11,13H2,2-4H3,(H,23,24)(H,25,28). The highest BCUT2D eigenvalue weighted by molar-refractivity contribution is 7.13. The molecule has 162 valence electrons. The topological polar surface area (TPSA) is 98.1 Å². The van der Waals surface area contributed by atoms with E-state index in [9.17, 15) is 9.59 Å². The van der Waals surface area contributed by atoms with Crippen molar-refractivity contribution >= 4 is 34.2 Å². The molecule has 3 aromatic rings. The van der Waals surface area contributed by atoms with E-state index in [1.165, 1.54) is 11.3 Å². The Labute approximate surface area is 185 Å². The molecule has 0 radical (unpaired) electrons. The van der Waals surface area contributed by atoms with Crippen LogP contribution in [-0.4, -0.2) is 39.8 Å². The molecule has 0 atom stereocenters. The highest BCUT2D eigenvalue weighted by Crippen LogP contribution is 2.26. The van der Waals surface area contributed by atoms with E-state index >= 15 is 0 Å². The first-order chi connectivity index (χ1) is 14.8. The van der Waals surface area contributed by atoms with Gasteiger partial charge in [-0.15, -0.1) is 17.9 Å². The fourth-order valence-electron chi connectivity index (χ4n) is 2.59. The van der Waals surface area contributed by atoms with Crippen LogP contribution < -0.4 is 10.6 Å². The fourth-order valence-corrected chi connectivity index (χ4v) is 3.28. The summed E-state index contributed by atoms with van der Waals surface area (Å²) in [7, 11) is 0. The maximum Gasteiger partial charge on any atom is 0.358 e. The Hall–Kier alpha value is -3.46. The number of para-hydroxylation sites is 1. The predicted octanol–water partition coefficient (Wildman–Crippen LogP) is 4.02. The first-order valence-corrected chi connectivity index (χ1v) is 10.6. The number of ether oxygens (including phenoxy) is 1. The lowest BCUT2D eigenvalue weighted by atomic mass is 9.92. The Kier molecular flexibility index (Phi) is 6.86. The van der Waals surface area contributed by atoms with Gasteiger partial charge in [-0.1, -0.05) is 45.0 Å². The summed E-state index contributed by atoms with van der Waals surface area (Å²) in [5.74, 6) is -0.627. The average Bonchev–Trinajstić information content (AvgIpc) is 3.38. The normalized spacial score (nSPS) is 11.1. The van der Waals surface area contributed by atoms with Crippen LogP contribution in [0.4, 0.5) is 10.9 Å². The van der Waals surface area contributed by atoms with Gasteiger partial charge in [0.2, 0.25) is 0 Å². The van der Waals surface area contributed by atoms with Gasteiger partial charge in [0.05, 0.1) is 11.4 Å². The average molecular weight is 440 g/mol. The Morgan fingerprint density at radius 3 is 2.68 bits per heavy atom. The first kappa shape index (κ1) is 22.2. The number of rotatable bonds is 8. The summed E-state index contributed by atoms with van der Waals surface area (Å²) >= 11 is 1.28. The third-order valence-corrected chi connectivity index (χ3v) is 4.99. The number of hydrogen-bond donors (Lipinski definition) is 2. The van der Waals surface area contributed by atoms with E-state index in [1.807, 2.05) is 57.2 Å². The fraction of sp³-hybridized carbons (Fsp3) is 0.273.